The molecule has 0 spiro atoms. The molecule has 66 valence electrons. The highest BCUT2D eigenvalue weighted by Gasteiger charge is 2.19. The van der Waals surface area contributed by atoms with Crippen molar-refractivity contribution in [3.63, 3.8) is 0 Å². The maximum Gasteiger partial charge on any atom is 0.246 e. The number of nitrogens with two attached hydrogens (primary N) is 1. The second kappa shape index (κ2) is 4.34. The fourth-order valence-corrected chi connectivity index (χ4v) is 1.15. The Labute approximate surface area is 67.6 Å². The average Bonchev–Trinajstić information content (AvgIpc) is 1.84. The van der Waals surface area contributed by atoms with Crippen molar-refractivity contribution in [2.75, 3.05) is 0 Å². The van der Waals surface area contributed by atoms with E-state index in [1.165, 1.54) is 0 Å². The van der Waals surface area contributed by atoms with Crippen LogP contribution in [0, 0.1) is 11.8 Å². The number of carbonyl (C=O) groups excluding carboxylic acids is 1. The zero-order chi connectivity index (χ0) is 9.02. The van der Waals surface area contributed by atoms with Gasteiger partial charge in [-0.25, -0.2) is 0 Å². The molecular formula is C8H17NO2. The number of hydrogen-bond donors (Lipinski definition) is 2. The van der Waals surface area contributed by atoms with Crippen LogP contribution in [0.15, 0.2) is 0 Å². The quantitative estimate of drug-likeness (QED) is 0.628. The lowest BCUT2D eigenvalue weighted by Gasteiger charge is -2.17. The third kappa shape index (κ3) is 3.98. The van der Waals surface area contributed by atoms with Crippen LogP contribution in [0.2, 0.25) is 0 Å². The van der Waals surface area contributed by atoms with E-state index in [0.717, 1.165) is 6.42 Å². The summed E-state index contributed by atoms with van der Waals surface area (Å²) in [5, 5.41) is 9.17. The summed E-state index contributed by atoms with van der Waals surface area (Å²) in [7, 11) is 0. The molecule has 2 atom stereocenters. The number of aliphatic hydroxyl groups is 1. The second-order valence-corrected chi connectivity index (χ2v) is 3.45. The largest absolute Gasteiger partial charge is 0.383 e. The van der Waals surface area contributed by atoms with Gasteiger partial charge < -0.3 is 10.8 Å². The zero-order valence-electron chi connectivity index (χ0n) is 7.37. The molecular weight excluding hydrogens is 142 g/mol. The first kappa shape index (κ1) is 10.4. The Kier molecular flexibility index (Phi) is 4.11. The first-order chi connectivity index (χ1) is 4.95. The lowest BCUT2D eigenvalue weighted by atomic mass is 9.94. The topological polar surface area (TPSA) is 63.3 Å². The van der Waals surface area contributed by atoms with Crippen LogP contribution in [0.5, 0.6) is 0 Å². The van der Waals surface area contributed by atoms with E-state index in [2.05, 4.69) is 0 Å². The predicted molar refractivity (Wildman–Crippen MR) is 43.8 cm³/mol. The van der Waals surface area contributed by atoms with Gasteiger partial charge in [-0.2, -0.15) is 0 Å². The highest BCUT2D eigenvalue weighted by molar-refractivity contribution is 5.78. The molecule has 0 saturated carbocycles. The summed E-state index contributed by atoms with van der Waals surface area (Å²) < 4.78 is 0. The molecule has 3 nitrogen and oxygen atoms in total. The Morgan fingerprint density at radius 3 is 2.18 bits per heavy atom. The maximum atomic E-state index is 10.5. The summed E-state index contributed by atoms with van der Waals surface area (Å²) in [6.07, 6.45) is -0.165. The van der Waals surface area contributed by atoms with Crippen molar-refractivity contribution in [3.05, 3.63) is 0 Å². The van der Waals surface area contributed by atoms with Gasteiger partial charge in [0, 0.05) is 0 Å². The van der Waals surface area contributed by atoms with Gasteiger partial charge in [-0.3, -0.25) is 4.79 Å². The number of hydrogen-bond acceptors (Lipinski definition) is 2. The van der Waals surface area contributed by atoms with Crippen molar-refractivity contribution in [2.24, 2.45) is 17.6 Å². The molecule has 0 fully saturated rings. The Hall–Kier alpha value is -0.570. The molecule has 3 N–H and O–H groups in total. The van der Waals surface area contributed by atoms with Crippen molar-refractivity contribution in [1.29, 1.82) is 0 Å². The summed E-state index contributed by atoms with van der Waals surface area (Å²) in [5.74, 6) is -0.176. The number of primary amides is 1. The van der Waals surface area contributed by atoms with Gasteiger partial charge in [-0.1, -0.05) is 20.8 Å². The van der Waals surface area contributed by atoms with Crippen molar-refractivity contribution >= 4 is 5.91 Å². The van der Waals surface area contributed by atoms with Crippen LogP contribution in [0.25, 0.3) is 0 Å². The average molecular weight is 159 g/mol. The van der Waals surface area contributed by atoms with Gasteiger partial charge in [0.15, 0.2) is 0 Å². The minimum atomic E-state index is -0.989. The highest BCUT2D eigenvalue weighted by Crippen LogP contribution is 2.14. The highest BCUT2D eigenvalue weighted by atomic mass is 16.3. The summed E-state index contributed by atoms with van der Waals surface area (Å²) in [6, 6.07) is 0. The minimum absolute atomic E-state index is 0.0347. The Morgan fingerprint density at radius 2 is 1.91 bits per heavy atom. The molecule has 0 aliphatic carbocycles. The minimum Gasteiger partial charge on any atom is -0.383 e. The fourth-order valence-electron chi connectivity index (χ4n) is 1.15. The molecule has 3 heteroatoms. The Balaban J connectivity index is 3.82. The first-order valence-electron chi connectivity index (χ1n) is 3.92. The molecule has 0 aliphatic rings. The van der Waals surface area contributed by atoms with Gasteiger partial charge in [-0.15, -0.1) is 0 Å². The van der Waals surface area contributed by atoms with Crippen LogP contribution < -0.4 is 5.73 Å². The molecule has 11 heavy (non-hydrogen) atoms. The van der Waals surface area contributed by atoms with Gasteiger partial charge >= 0.3 is 0 Å². The van der Waals surface area contributed by atoms with Crippen LogP contribution in [0.4, 0.5) is 0 Å². The zero-order valence-corrected chi connectivity index (χ0v) is 7.37. The van der Waals surface area contributed by atoms with E-state index in [1.807, 2.05) is 20.8 Å². The van der Waals surface area contributed by atoms with E-state index in [-0.39, 0.29) is 5.92 Å². The van der Waals surface area contributed by atoms with Gasteiger partial charge in [0.2, 0.25) is 5.91 Å². The smallest absolute Gasteiger partial charge is 0.246 e. The fraction of sp³-hybridized carbons (Fsp3) is 0.875. The normalized spacial score (nSPS) is 16.5. The van der Waals surface area contributed by atoms with Crippen molar-refractivity contribution < 1.29 is 9.90 Å². The molecule has 1 unspecified atom stereocenters. The van der Waals surface area contributed by atoms with Crippen LogP contribution in [0.1, 0.15) is 27.2 Å². The predicted octanol–water partition coefficient (Wildman–Crippen LogP) is 0.515. The first-order valence-corrected chi connectivity index (χ1v) is 3.92. The molecule has 0 radical (unpaired) electrons. The maximum absolute atomic E-state index is 10.5. The van der Waals surface area contributed by atoms with Gasteiger partial charge in [-0.05, 0) is 18.3 Å². The third-order valence-corrected chi connectivity index (χ3v) is 1.67. The molecule has 0 rings (SSSR count). The number of rotatable bonds is 4. The number of carbonyl (C=O) groups is 1. The summed E-state index contributed by atoms with van der Waals surface area (Å²) in [6.45, 7) is 5.92. The lowest BCUT2D eigenvalue weighted by Crippen LogP contribution is -2.34. The van der Waals surface area contributed by atoms with Crippen LogP contribution in [-0.2, 0) is 4.79 Å². The molecule has 0 aromatic rings. The van der Waals surface area contributed by atoms with E-state index < -0.39 is 12.0 Å². The molecule has 0 saturated heterocycles. The molecule has 1 amide bonds. The molecule has 0 aliphatic heterocycles. The SMILES string of the molecule is CC(C)C[C@H](C)C(O)C(N)=O. The number of aliphatic hydroxyl groups excluding tert-OH is 1. The van der Waals surface area contributed by atoms with Gasteiger partial charge in [0.05, 0.1) is 0 Å². The van der Waals surface area contributed by atoms with E-state index >= 15 is 0 Å². The third-order valence-electron chi connectivity index (χ3n) is 1.67. The van der Waals surface area contributed by atoms with Gasteiger partial charge in [0.25, 0.3) is 0 Å². The lowest BCUT2D eigenvalue weighted by molar-refractivity contribution is -0.128. The monoisotopic (exact) mass is 159 g/mol. The Morgan fingerprint density at radius 1 is 1.45 bits per heavy atom. The van der Waals surface area contributed by atoms with Crippen molar-refractivity contribution in [1.82, 2.24) is 0 Å². The van der Waals surface area contributed by atoms with Crippen molar-refractivity contribution in [2.45, 2.75) is 33.3 Å². The van der Waals surface area contributed by atoms with E-state index in [1.54, 1.807) is 0 Å². The standard InChI is InChI=1S/C8H17NO2/c1-5(2)4-6(3)7(10)8(9)11/h5-7,10H,4H2,1-3H3,(H2,9,11)/t6-,7?/m0/s1. The molecule has 0 aromatic heterocycles. The molecule has 0 heterocycles. The van der Waals surface area contributed by atoms with E-state index in [4.69, 9.17) is 10.8 Å². The van der Waals surface area contributed by atoms with Crippen LogP contribution >= 0.6 is 0 Å². The second-order valence-electron chi connectivity index (χ2n) is 3.45. The molecule has 0 bridgehead atoms. The summed E-state index contributed by atoms with van der Waals surface area (Å²) in [5.41, 5.74) is 4.92. The van der Waals surface area contributed by atoms with E-state index in [9.17, 15) is 4.79 Å². The van der Waals surface area contributed by atoms with Gasteiger partial charge in [0.1, 0.15) is 6.10 Å². The van der Waals surface area contributed by atoms with Crippen LogP contribution in [-0.4, -0.2) is 17.1 Å². The number of amides is 1. The van der Waals surface area contributed by atoms with E-state index in [0.29, 0.717) is 5.92 Å². The Bertz CT molecular complexity index is 134. The summed E-state index contributed by atoms with van der Waals surface area (Å²) >= 11 is 0. The van der Waals surface area contributed by atoms with Crippen molar-refractivity contribution in [3.8, 4) is 0 Å². The van der Waals surface area contributed by atoms with Crippen LogP contribution in [0.3, 0.4) is 0 Å². The summed E-state index contributed by atoms with van der Waals surface area (Å²) in [4.78, 5) is 10.5. The molecule has 0 aromatic carbocycles.